The third-order valence-corrected chi connectivity index (χ3v) is 2.84. The number of ether oxygens (including phenoxy) is 1. The lowest BCUT2D eigenvalue weighted by molar-refractivity contribution is 0.411. The number of halogens is 1. The monoisotopic (exact) mass is 262 g/mol. The zero-order valence-electron chi connectivity index (χ0n) is 6.94. The molecule has 0 heterocycles. The first-order valence-corrected chi connectivity index (χ1v) is 4.53. The molecule has 0 atom stereocenters. The van der Waals surface area contributed by atoms with Crippen LogP contribution in [-0.2, 0) is 0 Å². The summed E-state index contributed by atoms with van der Waals surface area (Å²) in [7, 11) is 1.70. The number of aryl methyl sites for hydroxylation is 2. The molecule has 1 nitrogen and oxygen atoms in total. The van der Waals surface area contributed by atoms with E-state index >= 15 is 0 Å². The van der Waals surface area contributed by atoms with E-state index in [9.17, 15) is 0 Å². The molecule has 2 heteroatoms. The molecule has 0 aliphatic heterocycles. The summed E-state index contributed by atoms with van der Waals surface area (Å²) in [5, 5.41) is 0. The lowest BCUT2D eigenvalue weighted by atomic mass is 10.1. The second-order valence-corrected chi connectivity index (χ2v) is 3.73. The molecule has 0 aliphatic carbocycles. The van der Waals surface area contributed by atoms with Crippen LogP contribution in [0.1, 0.15) is 11.1 Å². The van der Waals surface area contributed by atoms with Crippen LogP contribution in [0.15, 0.2) is 12.1 Å². The van der Waals surface area contributed by atoms with Crippen LogP contribution in [0.3, 0.4) is 0 Å². The van der Waals surface area contributed by atoms with Gasteiger partial charge in [0.25, 0.3) is 0 Å². The summed E-state index contributed by atoms with van der Waals surface area (Å²) in [4.78, 5) is 0. The van der Waals surface area contributed by atoms with Crippen molar-refractivity contribution in [2.45, 2.75) is 13.8 Å². The molecule has 0 bridgehead atoms. The molecule has 0 radical (unpaired) electrons. The Morgan fingerprint density at radius 2 is 1.82 bits per heavy atom. The largest absolute Gasteiger partial charge is 0.496 e. The average Bonchev–Trinajstić information content (AvgIpc) is 1.97. The van der Waals surface area contributed by atoms with E-state index in [0.717, 1.165) is 5.75 Å². The Morgan fingerprint density at radius 1 is 1.18 bits per heavy atom. The zero-order valence-corrected chi connectivity index (χ0v) is 9.10. The molecular formula is C9H11IO. The number of benzene rings is 1. The number of hydrogen-bond acceptors (Lipinski definition) is 1. The summed E-state index contributed by atoms with van der Waals surface area (Å²) in [5.41, 5.74) is 2.51. The second kappa shape index (κ2) is 3.43. The van der Waals surface area contributed by atoms with Gasteiger partial charge >= 0.3 is 0 Å². The van der Waals surface area contributed by atoms with Crippen molar-refractivity contribution in [2.75, 3.05) is 7.11 Å². The summed E-state index contributed by atoms with van der Waals surface area (Å²) in [6, 6.07) is 4.20. The van der Waals surface area contributed by atoms with Gasteiger partial charge in [-0.05, 0) is 53.6 Å². The van der Waals surface area contributed by atoms with Gasteiger partial charge in [0.2, 0.25) is 0 Å². The molecule has 0 N–H and O–H groups in total. The van der Waals surface area contributed by atoms with Crippen LogP contribution in [0, 0.1) is 17.4 Å². The first-order valence-electron chi connectivity index (χ1n) is 3.46. The van der Waals surface area contributed by atoms with Gasteiger partial charge in [-0.25, -0.2) is 0 Å². The number of rotatable bonds is 1. The summed E-state index contributed by atoms with van der Waals surface area (Å²) >= 11 is 2.31. The van der Waals surface area contributed by atoms with E-state index in [2.05, 4.69) is 48.6 Å². The lowest BCUT2D eigenvalue weighted by Gasteiger charge is -2.06. The first kappa shape index (κ1) is 8.84. The SMILES string of the molecule is COc1cc(I)c(C)cc1C. The molecule has 0 aromatic heterocycles. The Hall–Kier alpha value is -0.250. The van der Waals surface area contributed by atoms with E-state index in [1.54, 1.807) is 7.11 Å². The Balaban J connectivity index is 3.21. The summed E-state index contributed by atoms with van der Waals surface area (Å²) < 4.78 is 6.43. The van der Waals surface area contributed by atoms with Crippen molar-refractivity contribution < 1.29 is 4.74 Å². The molecule has 0 aliphatic rings. The van der Waals surface area contributed by atoms with E-state index in [1.807, 2.05) is 0 Å². The summed E-state index contributed by atoms with van der Waals surface area (Å²) in [6.45, 7) is 4.16. The van der Waals surface area contributed by atoms with Crippen molar-refractivity contribution in [3.63, 3.8) is 0 Å². The minimum Gasteiger partial charge on any atom is -0.496 e. The van der Waals surface area contributed by atoms with E-state index in [-0.39, 0.29) is 0 Å². The van der Waals surface area contributed by atoms with Crippen molar-refractivity contribution in [3.8, 4) is 5.75 Å². The number of hydrogen-bond donors (Lipinski definition) is 0. The van der Waals surface area contributed by atoms with Gasteiger partial charge in [0.1, 0.15) is 5.75 Å². The van der Waals surface area contributed by atoms with E-state index in [4.69, 9.17) is 4.74 Å². The fourth-order valence-electron chi connectivity index (χ4n) is 1.03. The van der Waals surface area contributed by atoms with Crippen LogP contribution >= 0.6 is 22.6 Å². The van der Waals surface area contributed by atoms with Crippen molar-refractivity contribution in [1.29, 1.82) is 0 Å². The minimum atomic E-state index is 0.972. The molecule has 0 fully saturated rings. The fraction of sp³-hybridized carbons (Fsp3) is 0.333. The molecule has 11 heavy (non-hydrogen) atoms. The van der Waals surface area contributed by atoms with Crippen LogP contribution in [0.4, 0.5) is 0 Å². The van der Waals surface area contributed by atoms with E-state index in [0.29, 0.717) is 0 Å². The van der Waals surface area contributed by atoms with Crippen LogP contribution in [0.2, 0.25) is 0 Å². The van der Waals surface area contributed by atoms with Crippen LogP contribution < -0.4 is 4.74 Å². The molecule has 0 spiro atoms. The standard InChI is InChI=1S/C9H11IO/c1-6-4-7(2)9(11-3)5-8(6)10/h4-5H,1-3H3. The van der Waals surface area contributed by atoms with Crippen LogP contribution in [-0.4, -0.2) is 7.11 Å². The lowest BCUT2D eigenvalue weighted by Crippen LogP contribution is -1.89. The maximum absolute atomic E-state index is 5.18. The van der Waals surface area contributed by atoms with Gasteiger partial charge in [0.15, 0.2) is 0 Å². The maximum atomic E-state index is 5.18. The number of methoxy groups -OCH3 is 1. The van der Waals surface area contributed by atoms with Crippen molar-refractivity contribution >= 4 is 22.6 Å². The maximum Gasteiger partial charge on any atom is 0.122 e. The first-order chi connectivity index (χ1) is 5.15. The molecule has 0 saturated heterocycles. The Kier molecular flexibility index (Phi) is 2.76. The topological polar surface area (TPSA) is 9.23 Å². The molecule has 1 aromatic rings. The van der Waals surface area contributed by atoms with Gasteiger partial charge in [-0.15, -0.1) is 0 Å². The molecule has 60 valence electrons. The van der Waals surface area contributed by atoms with Gasteiger partial charge in [-0.2, -0.15) is 0 Å². The smallest absolute Gasteiger partial charge is 0.122 e. The highest BCUT2D eigenvalue weighted by Gasteiger charge is 2.00. The molecule has 0 saturated carbocycles. The predicted molar refractivity (Wildman–Crippen MR) is 55.2 cm³/mol. The highest BCUT2D eigenvalue weighted by atomic mass is 127. The second-order valence-electron chi connectivity index (χ2n) is 2.57. The van der Waals surface area contributed by atoms with Gasteiger partial charge in [-0.3, -0.25) is 0 Å². The zero-order chi connectivity index (χ0) is 8.43. The molecule has 1 aromatic carbocycles. The third kappa shape index (κ3) is 1.86. The minimum absolute atomic E-state index is 0.972. The van der Waals surface area contributed by atoms with Crippen LogP contribution in [0.25, 0.3) is 0 Å². The van der Waals surface area contributed by atoms with Crippen LogP contribution in [0.5, 0.6) is 5.75 Å². The Labute approximate surface area is 80.9 Å². The highest BCUT2D eigenvalue weighted by Crippen LogP contribution is 2.23. The fourth-order valence-corrected chi connectivity index (χ4v) is 1.47. The van der Waals surface area contributed by atoms with Crippen molar-refractivity contribution in [3.05, 3.63) is 26.8 Å². The third-order valence-electron chi connectivity index (χ3n) is 1.68. The predicted octanol–water partition coefficient (Wildman–Crippen LogP) is 2.92. The van der Waals surface area contributed by atoms with E-state index in [1.165, 1.54) is 14.7 Å². The van der Waals surface area contributed by atoms with Crippen molar-refractivity contribution in [1.82, 2.24) is 0 Å². The van der Waals surface area contributed by atoms with Gasteiger partial charge in [0.05, 0.1) is 7.11 Å². The van der Waals surface area contributed by atoms with Gasteiger partial charge in [0, 0.05) is 3.57 Å². The van der Waals surface area contributed by atoms with E-state index < -0.39 is 0 Å². The highest BCUT2D eigenvalue weighted by molar-refractivity contribution is 14.1. The Bertz CT molecular complexity index is 269. The summed E-state index contributed by atoms with van der Waals surface area (Å²) in [5.74, 6) is 0.972. The molecular weight excluding hydrogens is 251 g/mol. The molecule has 1 rings (SSSR count). The normalized spacial score (nSPS) is 9.82. The summed E-state index contributed by atoms with van der Waals surface area (Å²) in [6.07, 6.45) is 0. The average molecular weight is 262 g/mol. The van der Waals surface area contributed by atoms with Gasteiger partial charge in [-0.1, -0.05) is 6.07 Å². The molecule has 0 unspecified atom stereocenters. The Morgan fingerprint density at radius 3 is 2.36 bits per heavy atom. The quantitative estimate of drug-likeness (QED) is 0.707. The van der Waals surface area contributed by atoms with Crippen molar-refractivity contribution in [2.24, 2.45) is 0 Å². The molecule has 0 amide bonds. The van der Waals surface area contributed by atoms with Gasteiger partial charge < -0.3 is 4.74 Å².